The second-order valence-corrected chi connectivity index (χ2v) is 8.49. The van der Waals surface area contributed by atoms with Gasteiger partial charge in [-0.15, -0.1) is 0 Å². The van der Waals surface area contributed by atoms with Crippen molar-refractivity contribution >= 4 is 23.8 Å². The molecule has 0 spiro atoms. The van der Waals surface area contributed by atoms with Gasteiger partial charge in [-0.05, 0) is 18.8 Å². The summed E-state index contributed by atoms with van der Waals surface area (Å²) in [6.45, 7) is 11.5. The van der Waals surface area contributed by atoms with E-state index >= 15 is 0 Å². The smallest absolute Gasteiger partial charge is 0.407 e. The molecule has 0 aliphatic heterocycles. The summed E-state index contributed by atoms with van der Waals surface area (Å²) in [5.41, 5.74) is 5.31. The van der Waals surface area contributed by atoms with E-state index in [1.54, 1.807) is 13.8 Å². The Bertz CT molecular complexity index is 616. The Labute approximate surface area is 202 Å². The van der Waals surface area contributed by atoms with Gasteiger partial charge >= 0.3 is 6.09 Å². The van der Waals surface area contributed by atoms with Crippen LogP contribution in [0.1, 0.15) is 41.0 Å². The van der Waals surface area contributed by atoms with Crippen LogP contribution in [0.15, 0.2) is 0 Å². The first-order valence-electron chi connectivity index (χ1n) is 11.7. The Hall–Kier alpha value is -2.44. The van der Waals surface area contributed by atoms with Crippen LogP contribution < -0.4 is 27.0 Å². The van der Waals surface area contributed by atoms with Crippen LogP contribution in [0, 0.1) is 11.8 Å². The molecule has 0 aromatic heterocycles. The van der Waals surface area contributed by atoms with E-state index in [-0.39, 0.29) is 43.9 Å². The Balaban J connectivity index is 4.28. The van der Waals surface area contributed by atoms with Crippen molar-refractivity contribution in [3.05, 3.63) is 0 Å². The molecular formula is C22H43N5O7. The van der Waals surface area contributed by atoms with Crippen molar-refractivity contribution in [2.24, 2.45) is 17.6 Å². The number of carbonyl (C=O) groups is 4. The maximum atomic E-state index is 12.6. The van der Waals surface area contributed by atoms with E-state index in [1.165, 1.54) is 6.92 Å². The van der Waals surface area contributed by atoms with E-state index in [9.17, 15) is 19.2 Å². The summed E-state index contributed by atoms with van der Waals surface area (Å²) in [7, 11) is 0. The summed E-state index contributed by atoms with van der Waals surface area (Å²) in [6.07, 6.45) is -0.458. The van der Waals surface area contributed by atoms with Crippen LogP contribution in [0.2, 0.25) is 0 Å². The van der Waals surface area contributed by atoms with Crippen molar-refractivity contribution in [3.8, 4) is 0 Å². The third-order valence-electron chi connectivity index (χ3n) is 4.37. The molecule has 0 bridgehead atoms. The van der Waals surface area contributed by atoms with Gasteiger partial charge in [0.15, 0.2) is 0 Å². The van der Waals surface area contributed by atoms with Crippen molar-refractivity contribution in [2.45, 2.75) is 53.1 Å². The number of amides is 4. The minimum Gasteiger partial charge on any atom is -0.449 e. The summed E-state index contributed by atoms with van der Waals surface area (Å²) in [6, 6.07) is -1.62. The van der Waals surface area contributed by atoms with Crippen LogP contribution in [0.5, 0.6) is 0 Å². The standard InChI is InChI=1S/C22H43N5O7/c1-15(2)14-34-22(31)25-9-8-24-20(29)17(5)26-21(30)19(16(3)4)27-18(28)6-10-32-12-13-33-11-7-23/h15-17,19H,6-14,23H2,1-5H3,(H,24,29)(H,25,31)(H,26,30)(H,27,28)/t17-,19-/m0/s1. The van der Waals surface area contributed by atoms with Crippen molar-refractivity contribution in [3.63, 3.8) is 0 Å². The van der Waals surface area contributed by atoms with Gasteiger partial charge in [-0.2, -0.15) is 0 Å². The molecule has 0 radical (unpaired) electrons. The zero-order valence-electron chi connectivity index (χ0n) is 21.1. The number of rotatable bonds is 18. The van der Waals surface area contributed by atoms with Crippen molar-refractivity contribution < 1.29 is 33.4 Å². The van der Waals surface area contributed by atoms with Crippen molar-refractivity contribution in [2.75, 3.05) is 52.7 Å². The molecule has 0 aliphatic rings. The quantitative estimate of drug-likeness (QED) is 0.161. The molecule has 0 aromatic carbocycles. The van der Waals surface area contributed by atoms with E-state index < -0.39 is 30.0 Å². The molecule has 0 unspecified atom stereocenters. The molecule has 0 fully saturated rings. The SMILES string of the molecule is CC(C)COC(=O)NCCNC(=O)[C@H](C)NC(=O)[C@@H](NC(=O)CCOCCOCCN)C(C)C. The molecule has 198 valence electrons. The summed E-state index contributed by atoms with van der Waals surface area (Å²) in [4.78, 5) is 48.5. The largest absolute Gasteiger partial charge is 0.449 e. The Kier molecular flexibility index (Phi) is 17.6. The highest BCUT2D eigenvalue weighted by Gasteiger charge is 2.26. The number of hydrogen-bond donors (Lipinski definition) is 5. The lowest BCUT2D eigenvalue weighted by atomic mass is 10.0. The monoisotopic (exact) mass is 489 g/mol. The number of ether oxygens (including phenoxy) is 3. The Morgan fingerprint density at radius 1 is 0.794 bits per heavy atom. The van der Waals surface area contributed by atoms with Gasteiger partial charge in [-0.25, -0.2) is 4.79 Å². The van der Waals surface area contributed by atoms with E-state index in [0.717, 1.165) is 0 Å². The van der Waals surface area contributed by atoms with E-state index in [0.29, 0.717) is 33.0 Å². The zero-order chi connectivity index (χ0) is 25.9. The van der Waals surface area contributed by atoms with Gasteiger partial charge in [0.05, 0.1) is 33.0 Å². The molecule has 4 amide bonds. The molecule has 0 saturated carbocycles. The highest BCUT2D eigenvalue weighted by atomic mass is 16.5. The predicted molar refractivity (Wildman–Crippen MR) is 127 cm³/mol. The fourth-order valence-corrected chi connectivity index (χ4v) is 2.52. The number of nitrogens with two attached hydrogens (primary N) is 1. The van der Waals surface area contributed by atoms with Gasteiger partial charge < -0.3 is 41.2 Å². The zero-order valence-corrected chi connectivity index (χ0v) is 21.1. The van der Waals surface area contributed by atoms with Crippen molar-refractivity contribution in [1.82, 2.24) is 21.3 Å². The third kappa shape index (κ3) is 16.2. The molecule has 6 N–H and O–H groups in total. The minimum atomic E-state index is -0.824. The molecule has 0 aromatic rings. The fraction of sp³-hybridized carbons (Fsp3) is 0.818. The molecule has 12 nitrogen and oxygen atoms in total. The first-order valence-corrected chi connectivity index (χ1v) is 11.7. The van der Waals surface area contributed by atoms with Gasteiger partial charge in [0.2, 0.25) is 17.7 Å². The van der Waals surface area contributed by atoms with E-state index in [4.69, 9.17) is 19.9 Å². The lowest BCUT2D eigenvalue weighted by Crippen LogP contribution is -2.55. The normalized spacial score (nSPS) is 12.7. The van der Waals surface area contributed by atoms with Gasteiger partial charge in [0.1, 0.15) is 12.1 Å². The summed E-state index contributed by atoms with van der Waals surface area (Å²) < 4.78 is 15.5. The van der Waals surface area contributed by atoms with Crippen molar-refractivity contribution in [1.29, 1.82) is 0 Å². The first kappa shape index (κ1) is 31.6. The molecule has 0 saturated heterocycles. The van der Waals surface area contributed by atoms with Crippen LogP contribution in [0.25, 0.3) is 0 Å². The van der Waals surface area contributed by atoms with Gasteiger partial charge in [0, 0.05) is 26.1 Å². The van der Waals surface area contributed by atoms with Crippen LogP contribution in [-0.2, 0) is 28.6 Å². The predicted octanol–water partition coefficient (Wildman–Crippen LogP) is -0.488. The maximum absolute atomic E-state index is 12.6. The second kappa shape index (κ2) is 18.9. The van der Waals surface area contributed by atoms with E-state index in [2.05, 4.69) is 21.3 Å². The van der Waals surface area contributed by atoms with Gasteiger partial charge in [0.25, 0.3) is 0 Å². The van der Waals surface area contributed by atoms with Crippen LogP contribution in [-0.4, -0.2) is 88.6 Å². The highest BCUT2D eigenvalue weighted by Crippen LogP contribution is 2.03. The average molecular weight is 490 g/mol. The molecule has 12 heteroatoms. The maximum Gasteiger partial charge on any atom is 0.407 e. The average Bonchev–Trinajstić information content (AvgIpc) is 2.77. The Morgan fingerprint density at radius 3 is 2.00 bits per heavy atom. The number of alkyl carbamates (subject to hydrolysis) is 1. The molecular weight excluding hydrogens is 446 g/mol. The number of hydrogen-bond acceptors (Lipinski definition) is 8. The van der Waals surface area contributed by atoms with Crippen LogP contribution in [0.4, 0.5) is 4.79 Å². The summed E-state index contributed by atoms with van der Waals surface area (Å²) in [5, 5.41) is 10.4. The summed E-state index contributed by atoms with van der Waals surface area (Å²) >= 11 is 0. The second-order valence-electron chi connectivity index (χ2n) is 8.49. The highest BCUT2D eigenvalue weighted by molar-refractivity contribution is 5.92. The third-order valence-corrected chi connectivity index (χ3v) is 4.37. The first-order chi connectivity index (χ1) is 16.1. The molecule has 0 aliphatic carbocycles. The lowest BCUT2D eigenvalue weighted by molar-refractivity contribution is -0.133. The molecule has 34 heavy (non-hydrogen) atoms. The van der Waals surface area contributed by atoms with Crippen LogP contribution in [0.3, 0.4) is 0 Å². The van der Waals surface area contributed by atoms with Gasteiger partial charge in [-0.1, -0.05) is 27.7 Å². The van der Waals surface area contributed by atoms with Crippen LogP contribution >= 0.6 is 0 Å². The molecule has 2 atom stereocenters. The number of nitrogens with one attached hydrogen (secondary N) is 4. The number of carbonyl (C=O) groups excluding carboxylic acids is 4. The molecule has 0 heterocycles. The lowest BCUT2D eigenvalue weighted by Gasteiger charge is -2.24. The fourth-order valence-electron chi connectivity index (χ4n) is 2.52. The van der Waals surface area contributed by atoms with Gasteiger partial charge in [-0.3, -0.25) is 14.4 Å². The summed E-state index contributed by atoms with van der Waals surface area (Å²) in [5.74, 6) is -1.16. The molecule has 0 rings (SSSR count). The minimum absolute atomic E-state index is 0.0933. The van der Waals surface area contributed by atoms with E-state index in [1.807, 2.05) is 13.8 Å². The topological polar surface area (TPSA) is 170 Å². The Morgan fingerprint density at radius 2 is 1.41 bits per heavy atom.